The van der Waals surface area contributed by atoms with Crippen LogP contribution in [0.4, 0.5) is 0 Å². The van der Waals surface area contributed by atoms with Gasteiger partial charge in [0.05, 0.1) is 0 Å². The molecule has 3 rings (SSSR count). The second-order valence-electron chi connectivity index (χ2n) is 5.17. The summed E-state index contributed by atoms with van der Waals surface area (Å²) < 4.78 is 1.60. The molecule has 1 heterocycles. The van der Waals surface area contributed by atoms with Gasteiger partial charge in [-0.2, -0.15) is 5.10 Å². The molecule has 1 amide bonds. The summed E-state index contributed by atoms with van der Waals surface area (Å²) in [5.74, 6) is 0.224. The van der Waals surface area contributed by atoms with E-state index in [1.54, 1.807) is 42.2 Å². The van der Waals surface area contributed by atoms with Gasteiger partial charge in [-0.15, -0.1) is 0 Å². The molecule has 2 aromatic rings. The van der Waals surface area contributed by atoms with E-state index in [-0.39, 0.29) is 11.7 Å². The lowest BCUT2D eigenvalue weighted by Gasteiger charge is -2.22. The lowest BCUT2D eigenvalue weighted by atomic mass is 10.2. The first-order valence-electron chi connectivity index (χ1n) is 6.72. The molecule has 0 atom stereocenters. The highest BCUT2D eigenvalue weighted by atomic mass is 16.3. The summed E-state index contributed by atoms with van der Waals surface area (Å²) in [6.45, 7) is 0.517. The normalized spacial score (nSPS) is 14.2. The number of benzene rings is 1. The van der Waals surface area contributed by atoms with E-state index < -0.39 is 0 Å². The standard InChI is InChI=1S/C15H17N3O2/c1-17-14(7-8-16-17)15(20)18(12-5-6-12)10-11-3-2-4-13(19)9-11/h2-4,7-9,12,19H,5-6,10H2,1H3. The second kappa shape index (κ2) is 5.00. The summed E-state index contributed by atoms with van der Waals surface area (Å²) >= 11 is 0. The van der Waals surface area contributed by atoms with Crippen LogP contribution in [0.3, 0.4) is 0 Å². The molecule has 5 heteroatoms. The molecule has 0 saturated heterocycles. The Labute approximate surface area is 117 Å². The maximum Gasteiger partial charge on any atom is 0.272 e. The molecule has 1 fully saturated rings. The van der Waals surface area contributed by atoms with E-state index in [9.17, 15) is 9.90 Å². The van der Waals surface area contributed by atoms with E-state index in [0.717, 1.165) is 18.4 Å². The van der Waals surface area contributed by atoms with E-state index in [1.165, 1.54) is 0 Å². The van der Waals surface area contributed by atoms with Gasteiger partial charge in [-0.3, -0.25) is 9.48 Å². The minimum atomic E-state index is -0.00385. The van der Waals surface area contributed by atoms with Gasteiger partial charge >= 0.3 is 0 Å². The van der Waals surface area contributed by atoms with E-state index in [0.29, 0.717) is 18.3 Å². The van der Waals surface area contributed by atoms with E-state index in [4.69, 9.17) is 0 Å². The van der Waals surface area contributed by atoms with Crippen LogP contribution < -0.4 is 0 Å². The summed E-state index contributed by atoms with van der Waals surface area (Å²) in [5.41, 5.74) is 1.53. The third-order valence-electron chi connectivity index (χ3n) is 3.55. The Morgan fingerprint density at radius 3 is 2.85 bits per heavy atom. The zero-order valence-electron chi connectivity index (χ0n) is 11.4. The quantitative estimate of drug-likeness (QED) is 0.924. The first kappa shape index (κ1) is 12.7. The lowest BCUT2D eigenvalue weighted by molar-refractivity contribution is 0.0718. The number of rotatable bonds is 4. The van der Waals surface area contributed by atoms with E-state index >= 15 is 0 Å². The third-order valence-corrected chi connectivity index (χ3v) is 3.55. The number of hydrogen-bond donors (Lipinski definition) is 1. The predicted molar refractivity (Wildman–Crippen MR) is 74.2 cm³/mol. The number of carbonyl (C=O) groups is 1. The summed E-state index contributed by atoms with van der Waals surface area (Å²) in [6.07, 6.45) is 3.72. The van der Waals surface area contributed by atoms with Crippen molar-refractivity contribution in [1.82, 2.24) is 14.7 Å². The number of carbonyl (C=O) groups excluding carboxylic acids is 1. The highest BCUT2D eigenvalue weighted by molar-refractivity contribution is 5.92. The van der Waals surface area contributed by atoms with Crippen LogP contribution in [0.25, 0.3) is 0 Å². The van der Waals surface area contributed by atoms with Crippen molar-refractivity contribution in [3.63, 3.8) is 0 Å². The highest BCUT2D eigenvalue weighted by Crippen LogP contribution is 2.30. The Morgan fingerprint density at radius 2 is 2.25 bits per heavy atom. The van der Waals surface area contributed by atoms with Gasteiger partial charge in [-0.05, 0) is 36.6 Å². The molecule has 1 aromatic heterocycles. The molecule has 1 aliphatic rings. The lowest BCUT2D eigenvalue weighted by Crippen LogP contribution is -2.33. The number of hydrogen-bond acceptors (Lipinski definition) is 3. The van der Waals surface area contributed by atoms with Crippen molar-refractivity contribution in [2.75, 3.05) is 0 Å². The Kier molecular flexibility index (Phi) is 3.18. The van der Waals surface area contributed by atoms with Crippen molar-refractivity contribution in [1.29, 1.82) is 0 Å². The maximum atomic E-state index is 12.6. The number of amides is 1. The molecular weight excluding hydrogens is 254 g/mol. The molecule has 0 unspecified atom stereocenters. The van der Waals surface area contributed by atoms with E-state index in [1.807, 2.05) is 11.0 Å². The fraction of sp³-hybridized carbons (Fsp3) is 0.333. The van der Waals surface area contributed by atoms with Crippen LogP contribution in [0, 0.1) is 0 Å². The topological polar surface area (TPSA) is 58.4 Å². The van der Waals surface area contributed by atoms with E-state index in [2.05, 4.69) is 5.10 Å². The van der Waals surface area contributed by atoms with Crippen LogP contribution in [-0.4, -0.2) is 31.7 Å². The van der Waals surface area contributed by atoms with Gasteiger partial charge < -0.3 is 10.0 Å². The van der Waals surface area contributed by atoms with Gasteiger partial charge in [-0.1, -0.05) is 12.1 Å². The molecule has 0 bridgehead atoms. The number of nitrogens with zero attached hydrogens (tertiary/aromatic N) is 3. The van der Waals surface area contributed by atoms with Crippen LogP contribution in [0.1, 0.15) is 28.9 Å². The summed E-state index contributed by atoms with van der Waals surface area (Å²) in [7, 11) is 1.77. The fourth-order valence-corrected chi connectivity index (χ4v) is 2.34. The Bertz CT molecular complexity index is 632. The van der Waals surface area contributed by atoms with Gasteiger partial charge in [0.25, 0.3) is 5.91 Å². The third kappa shape index (κ3) is 2.52. The largest absolute Gasteiger partial charge is 0.508 e. The highest BCUT2D eigenvalue weighted by Gasteiger charge is 2.34. The van der Waals surface area contributed by atoms with Gasteiger partial charge in [0.15, 0.2) is 0 Å². The Morgan fingerprint density at radius 1 is 1.45 bits per heavy atom. The monoisotopic (exact) mass is 271 g/mol. The number of aryl methyl sites for hydroxylation is 1. The van der Waals surface area contributed by atoms with Crippen LogP contribution in [0.2, 0.25) is 0 Å². The van der Waals surface area contributed by atoms with Crippen LogP contribution in [0.15, 0.2) is 36.5 Å². The molecule has 1 saturated carbocycles. The number of aromatic hydroxyl groups is 1. The summed E-state index contributed by atoms with van der Waals surface area (Å²) in [4.78, 5) is 14.5. The molecule has 0 aliphatic heterocycles. The summed E-state index contributed by atoms with van der Waals surface area (Å²) in [5, 5.41) is 13.6. The molecule has 1 aromatic carbocycles. The van der Waals surface area contributed by atoms with Gasteiger partial charge in [0.2, 0.25) is 0 Å². The molecular formula is C15H17N3O2. The smallest absolute Gasteiger partial charge is 0.272 e. The minimum absolute atomic E-state index is 0.00385. The molecule has 1 N–H and O–H groups in total. The minimum Gasteiger partial charge on any atom is -0.508 e. The number of phenolic OH excluding ortho intramolecular Hbond substituents is 1. The Hall–Kier alpha value is -2.30. The van der Waals surface area contributed by atoms with Crippen LogP contribution >= 0.6 is 0 Å². The summed E-state index contributed by atoms with van der Waals surface area (Å²) in [6, 6.07) is 9.09. The fourth-order valence-electron chi connectivity index (χ4n) is 2.34. The van der Waals surface area contributed by atoms with Crippen LogP contribution in [-0.2, 0) is 13.6 Å². The van der Waals surface area contributed by atoms with Crippen molar-refractivity contribution in [3.8, 4) is 5.75 Å². The predicted octanol–water partition coefficient (Wildman–Crippen LogP) is 1.93. The van der Waals surface area contributed by atoms with Crippen molar-refractivity contribution < 1.29 is 9.90 Å². The average Bonchev–Trinajstić information content (AvgIpc) is 3.17. The van der Waals surface area contributed by atoms with Crippen molar-refractivity contribution in [3.05, 3.63) is 47.8 Å². The molecule has 104 valence electrons. The van der Waals surface area contributed by atoms with Crippen molar-refractivity contribution in [2.24, 2.45) is 7.05 Å². The second-order valence-corrected chi connectivity index (χ2v) is 5.17. The maximum absolute atomic E-state index is 12.6. The van der Waals surface area contributed by atoms with Gasteiger partial charge in [-0.25, -0.2) is 0 Å². The molecule has 20 heavy (non-hydrogen) atoms. The Balaban J connectivity index is 1.83. The first-order chi connectivity index (χ1) is 9.65. The van der Waals surface area contributed by atoms with Gasteiger partial charge in [0, 0.05) is 25.8 Å². The number of aromatic nitrogens is 2. The average molecular weight is 271 g/mol. The molecule has 5 nitrogen and oxygen atoms in total. The van der Waals surface area contributed by atoms with Gasteiger partial charge in [0.1, 0.15) is 11.4 Å². The molecule has 1 aliphatic carbocycles. The molecule has 0 radical (unpaired) electrons. The molecule has 0 spiro atoms. The van der Waals surface area contributed by atoms with Crippen LogP contribution in [0.5, 0.6) is 5.75 Å². The zero-order chi connectivity index (χ0) is 14.1. The van der Waals surface area contributed by atoms with Crippen molar-refractivity contribution >= 4 is 5.91 Å². The first-order valence-corrected chi connectivity index (χ1v) is 6.72. The van der Waals surface area contributed by atoms with Crippen molar-refractivity contribution in [2.45, 2.75) is 25.4 Å². The number of phenols is 1. The zero-order valence-corrected chi connectivity index (χ0v) is 11.4. The SMILES string of the molecule is Cn1nccc1C(=O)N(Cc1cccc(O)c1)C1CC1.